The second-order valence-corrected chi connectivity index (χ2v) is 6.34. The van der Waals surface area contributed by atoms with Gasteiger partial charge < -0.3 is 10.2 Å². The van der Waals surface area contributed by atoms with Gasteiger partial charge in [-0.2, -0.15) is 0 Å². The molecule has 0 amide bonds. The van der Waals surface area contributed by atoms with Gasteiger partial charge in [0.25, 0.3) is 0 Å². The number of halogens is 1. The summed E-state index contributed by atoms with van der Waals surface area (Å²) in [6, 6.07) is 6.60. The number of nitrogens with one attached hydrogen (secondary N) is 1. The predicted molar refractivity (Wildman–Crippen MR) is 76.2 cm³/mol. The summed E-state index contributed by atoms with van der Waals surface area (Å²) in [5, 5.41) is 4.31. The van der Waals surface area contributed by atoms with Gasteiger partial charge >= 0.3 is 0 Å². The molecule has 1 aliphatic rings. The van der Waals surface area contributed by atoms with E-state index in [1.165, 1.54) is 5.69 Å². The van der Waals surface area contributed by atoms with Crippen LogP contribution in [0.1, 0.15) is 27.7 Å². The lowest BCUT2D eigenvalue weighted by Gasteiger charge is -2.34. The lowest BCUT2D eigenvalue weighted by atomic mass is 9.92. The number of anilines is 2. The molecule has 0 bridgehead atoms. The minimum Gasteiger partial charge on any atom is -0.383 e. The highest BCUT2D eigenvalue weighted by atomic mass is 35.5. The third-order valence-corrected chi connectivity index (χ3v) is 3.48. The number of fused-ring (bicyclic) bond motifs is 1. The number of benzene rings is 1. The summed E-state index contributed by atoms with van der Waals surface area (Å²) in [7, 11) is 0. The zero-order valence-electron chi connectivity index (χ0n) is 11.0. The Morgan fingerprint density at radius 2 is 2.06 bits per heavy atom. The first-order valence-corrected chi connectivity index (χ1v) is 6.57. The molecule has 0 aliphatic carbocycles. The minimum absolute atomic E-state index is 0.260. The molecular formula is C14H21ClN2. The van der Waals surface area contributed by atoms with Crippen LogP contribution in [0.4, 0.5) is 11.4 Å². The van der Waals surface area contributed by atoms with Crippen LogP contribution in [0.3, 0.4) is 0 Å². The van der Waals surface area contributed by atoms with Crippen LogP contribution < -0.4 is 10.2 Å². The van der Waals surface area contributed by atoms with Crippen molar-refractivity contribution in [2.24, 2.45) is 5.41 Å². The van der Waals surface area contributed by atoms with Crippen LogP contribution >= 0.6 is 11.6 Å². The first kappa shape index (κ1) is 12.6. The van der Waals surface area contributed by atoms with Crippen molar-refractivity contribution in [3.05, 3.63) is 23.2 Å². The normalized spacial score (nSPS) is 18.6. The zero-order chi connectivity index (χ0) is 12.6. The van der Waals surface area contributed by atoms with Gasteiger partial charge in [0, 0.05) is 24.2 Å². The fourth-order valence-corrected chi connectivity index (χ4v) is 2.47. The second-order valence-electron chi connectivity index (χ2n) is 5.90. The summed E-state index contributed by atoms with van der Waals surface area (Å²) in [6.45, 7) is 11.1. The molecular weight excluding hydrogens is 232 g/mol. The van der Waals surface area contributed by atoms with E-state index < -0.39 is 0 Å². The van der Waals surface area contributed by atoms with E-state index in [1.54, 1.807) is 0 Å². The summed E-state index contributed by atoms with van der Waals surface area (Å²) in [4.78, 5) is 2.45. The van der Waals surface area contributed by atoms with Crippen LogP contribution in [0.2, 0.25) is 5.02 Å². The van der Waals surface area contributed by atoms with E-state index in [4.69, 9.17) is 11.6 Å². The van der Waals surface area contributed by atoms with Crippen molar-refractivity contribution in [1.29, 1.82) is 0 Å². The average molecular weight is 253 g/mol. The Morgan fingerprint density at radius 1 is 1.35 bits per heavy atom. The van der Waals surface area contributed by atoms with Crippen LogP contribution in [0, 0.1) is 5.41 Å². The van der Waals surface area contributed by atoms with Crippen molar-refractivity contribution in [1.82, 2.24) is 0 Å². The van der Waals surface area contributed by atoms with Crippen molar-refractivity contribution in [3.8, 4) is 0 Å². The predicted octanol–water partition coefficient (Wildman–Crippen LogP) is 4.01. The maximum atomic E-state index is 6.07. The zero-order valence-corrected chi connectivity index (χ0v) is 11.8. The highest BCUT2D eigenvalue weighted by Crippen LogP contribution is 2.36. The largest absolute Gasteiger partial charge is 0.383 e. The van der Waals surface area contributed by atoms with Gasteiger partial charge in [0.05, 0.1) is 11.4 Å². The van der Waals surface area contributed by atoms with Crippen molar-refractivity contribution in [2.75, 3.05) is 23.3 Å². The van der Waals surface area contributed by atoms with E-state index in [0.29, 0.717) is 6.04 Å². The van der Waals surface area contributed by atoms with Gasteiger partial charge in [-0.05, 0) is 37.5 Å². The molecule has 1 aliphatic heterocycles. The van der Waals surface area contributed by atoms with E-state index in [0.717, 1.165) is 23.8 Å². The molecule has 1 aromatic rings. The quantitative estimate of drug-likeness (QED) is 0.813. The minimum atomic E-state index is 0.260. The first-order valence-electron chi connectivity index (χ1n) is 6.19. The van der Waals surface area contributed by atoms with Crippen LogP contribution in [-0.2, 0) is 0 Å². The Hall–Kier alpha value is -0.890. The molecule has 0 fully saturated rings. The van der Waals surface area contributed by atoms with Crippen molar-refractivity contribution < 1.29 is 0 Å². The Balaban J connectivity index is 2.44. The summed E-state index contributed by atoms with van der Waals surface area (Å²) >= 11 is 6.07. The molecule has 1 aromatic carbocycles. The average Bonchev–Trinajstić information content (AvgIpc) is 2.36. The van der Waals surface area contributed by atoms with Gasteiger partial charge in [-0.1, -0.05) is 25.4 Å². The van der Waals surface area contributed by atoms with Gasteiger partial charge in [0.1, 0.15) is 0 Å². The topological polar surface area (TPSA) is 15.3 Å². The van der Waals surface area contributed by atoms with Crippen LogP contribution in [-0.4, -0.2) is 19.1 Å². The fraction of sp³-hybridized carbons (Fsp3) is 0.571. The molecule has 0 unspecified atom stereocenters. The number of nitrogens with zero attached hydrogens (tertiary/aromatic N) is 1. The molecule has 94 valence electrons. The summed E-state index contributed by atoms with van der Waals surface area (Å²) < 4.78 is 0. The maximum Gasteiger partial charge on any atom is 0.0605 e. The first-order chi connectivity index (χ1) is 7.89. The molecule has 17 heavy (non-hydrogen) atoms. The van der Waals surface area contributed by atoms with E-state index in [-0.39, 0.29) is 5.41 Å². The highest BCUT2D eigenvalue weighted by molar-refractivity contribution is 6.31. The van der Waals surface area contributed by atoms with Gasteiger partial charge in [-0.3, -0.25) is 0 Å². The molecule has 0 radical (unpaired) electrons. The van der Waals surface area contributed by atoms with Crippen LogP contribution in [0.25, 0.3) is 0 Å². The van der Waals surface area contributed by atoms with Crippen molar-refractivity contribution in [2.45, 2.75) is 33.7 Å². The monoisotopic (exact) mass is 252 g/mol. The van der Waals surface area contributed by atoms with E-state index >= 15 is 0 Å². The van der Waals surface area contributed by atoms with Crippen molar-refractivity contribution >= 4 is 23.0 Å². The third kappa shape index (κ3) is 2.68. The van der Waals surface area contributed by atoms with Gasteiger partial charge in [-0.15, -0.1) is 0 Å². The summed E-state index contributed by atoms with van der Waals surface area (Å²) in [6.07, 6.45) is 0. The molecule has 0 spiro atoms. The molecule has 1 N–H and O–H groups in total. The maximum absolute atomic E-state index is 6.07. The van der Waals surface area contributed by atoms with Crippen molar-refractivity contribution in [3.63, 3.8) is 0 Å². The molecule has 0 aromatic heterocycles. The molecule has 2 nitrogen and oxygen atoms in total. The Bertz CT molecular complexity index is 413. The van der Waals surface area contributed by atoms with Gasteiger partial charge in [0.15, 0.2) is 0 Å². The smallest absolute Gasteiger partial charge is 0.0605 e. The summed E-state index contributed by atoms with van der Waals surface area (Å²) in [5.41, 5.74) is 2.67. The summed E-state index contributed by atoms with van der Waals surface area (Å²) in [5.74, 6) is 0. The van der Waals surface area contributed by atoms with Crippen LogP contribution in [0.15, 0.2) is 18.2 Å². The second kappa shape index (κ2) is 4.41. The number of hydrogen-bond acceptors (Lipinski definition) is 2. The molecule has 2 rings (SSSR count). The fourth-order valence-electron chi connectivity index (χ4n) is 2.30. The van der Waals surface area contributed by atoms with E-state index in [9.17, 15) is 0 Å². The van der Waals surface area contributed by atoms with Gasteiger partial charge in [0.2, 0.25) is 0 Å². The molecule has 0 saturated heterocycles. The molecule has 0 saturated carbocycles. The molecule has 3 heteroatoms. The Morgan fingerprint density at radius 3 is 2.71 bits per heavy atom. The lowest BCUT2D eigenvalue weighted by molar-refractivity contribution is 0.385. The third-order valence-electron chi connectivity index (χ3n) is 3.25. The lowest BCUT2D eigenvalue weighted by Crippen LogP contribution is -2.39. The Labute approximate surface area is 109 Å². The van der Waals surface area contributed by atoms with E-state index in [1.807, 2.05) is 12.1 Å². The highest BCUT2D eigenvalue weighted by Gasteiger charge is 2.28. The Kier molecular flexibility index (Phi) is 3.26. The molecule has 0 atom stereocenters. The number of rotatable bonds is 1. The molecule has 1 heterocycles. The standard InChI is InChI=1S/C14H21ClN2/c1-10(2)17-9-14(3,4)8-16-12-7-11(15)5-6-13(12)17/h5-7,10,16H,8-9H2,1-4H3. The number of hydrogen-bond donors (Lipinski definition) is 1. The van der Waals surface area contributed by atoms with Gasteiger partial charge in [-0.25, -0.2) is 0 Å². The SMILES string of the molecule is CC(C)N1CC(C)(C)CNc2cc(Cl)ccc21. The van der Waals surface area contributed by atoms with Crippen LogP contribution in [0.5, 0.6) is 0 Å². The van der Waals surface area contributed by atoms with E-state index in [2.05, 4.69) is 44.0 Å².